The zero-order valence-electron chi connectivity index (χ0n) is 9.01. The Morgan fingerprint density at radius 3 is 2.69 bits per heavy atom. The zero-order chi connectivity index (χ0) is 11.9. The number of rotatable bonds is 2. The van der Waals surface area contributed by atoms with Gasteiger partial charge in [-0.05, 0) is 30.9 Å². The molecule has 1 aromatic carbocycles. The topological polar surface area (TPSA) is 89.4 Å². The second-order valence-electron chi connectivity index (χ2n) is 4.47. The summed E-state index contributed by atoms with van der Waals surface area (Å²) in [5.41, 5.74) is 7.25. The van der Waals surface area contributed by atoms with Gasteiger partial charge < -0.3 is 10.8 Å². The number of benzene rings is 1. The molecule has 1 aromatic rings. The lowest BCUT2D eigenvalue weighted by Gasteiger charge is -2.43. The Morgan fingerprint density at radius 2 is 2.19 bits per heavy atom. The predicted octanol–water partition coefficient (Wildman–Crippen LogP) is 1.21. The third kappa shape index (κ3) is 1.68. The first-order valence-corrected chi connectivity index (χ1v) is 5.15. The third-order valence-corrected chi connectivity index (χ3v) is 3.17. The van der Waals surface area contributed by atoms with Crippen LogP contribution < -0.4 is 5.73 Å². The van der Waals surface area contributed by atoms with E-state index in [-0.39, 0.29) is 11.8 Å². The fourth-order valence-corrected chi connectivity index (χ4v) is 2.26. The van der Waals surface area contributed by atoms with Gasteiger partial charge in [0, 0.05) is 17.7 Å². The number of aliphatic hydroxyl groups excluding tert-OH is 1. The molecular formula is C11H14N2O3. The molecule has 16 heavy (non-hydrogen) atoms. The summed E-state index contributed by atoms with van der Waals surface area (Å²) in [6.45, 7) is 1.87. The zero-order valence-corrected chi connectivity index (χ0v) is 9.01. The molecule has 0 spiro atoms. The highest BCUT2D eigenvalue weighted by atomic mass is 16.6. The van der Waals surface area contributed by atoms with E-state index in [1.54, 1.807) is 6.07 Å². The first-order valence-electron chi connectivity index (χ1n) is 5.15. The van der Waals surface area contributed by atoms with Gasteiger partial charge in [-0.1, -0.05) is 6.07 Å². The van der Waals surface area contributed by atoms with Crippen molar-refractivity contribution >= 4 is 5.69 Å². The molecule has 3 N–H and O–H groups in total. The Labute approximate surface area is 93.0 Å². The maximum Gasteiger partial charge on any atom is 0.269 e. The Hall–Kier alpha value is -1.46. The van der Waals surface area contributed by atoms with Crippen LogP contribution in [0.15, 0.2) is 18.2 Å². The molecule has 0 aliphatic heterocycles. The maximum absolute atomic E-state index is 10.7. The quantitative estimate of drug-likeness (QED) is 0.581. The third-order valence-electron chi connectivity index (χ3n) is 3.17. The van der Waals surface area contributed by atoms with Gasteiger partial charge in [-0.25, -0.2) is 0 Å². The van der Waals surface area contributed by atoms with Crippen molar-refractivity contribution in [2.75, 3.05) is 0 Å². The van der Waals surface area contributed by atoms with Crippen LogP contribution in [-0.2, 0) is 5.54 Å². The summed E-state index contributed by atoms with van der Waals surface area (Å²) in [6, 6.07) is 4.69. The SMILES string of the molecule is Cc1ccc([N+](=O)[O-])cc1C1(N)CC(O)C1. The molecule has 0 radical (unpaired) electrons. The number of nitro groups is 1. The number of aryl methyl sites for hydroxylation is 1. The number of hydrogen-bond donors (Lipinski definition) is 2. The van der Waals surface area contributed by atoms with Gasteiger partial charge >= 0.3 is 0 Å². The van der Waals surface area contributed by atoms with E-state index in [1.165, 1.54) is 12.1 Å². The summed E-state index contributed by atoms with van der Waals surface area (Å²) < 4.78 is 0. The van der Waals surface area contributed by atoms with Crippen LogP contribution in [0.2, 0.25) is 0 Å². The van der Waals surface area contributed by atoms with Gasteiger partial charge in [-0.15, -0.1) is 0 Å². The Balaban J connectivity index is 2.40. The van der Waals surface area contributed by atoms with Gasteiger partial charge in [0.25, 0.3) is 5.69 Å². The molecule has 0 heterocycles. The molecule has 5 heteroatoms. The van der Waals surface area contributed by atoms with E-state index in [0.29, 0.717) is 12.8 Å². The smallest absolute Gasteiger partial charge is 0.269 e. The highest BCUT2D eigenvalue weighted by molar-refractivity contribution is 5.44. The van der Waals surface area contributed by atoms with Gasteiger partial charge in [0.2, 0.25) is 0 Å². The Morgan fingerprint density at radius 1 is 1.56 bits per heavy atom. The molecule has 2 rings (SSSR count). The van der Waals surface area contributed by atoms with Gasteiger partial charge in [0.05, 0.1) is 11.0 Å². The minimum atomic E-state index is -0.602. The molecule has 0 aromatic heterocycles. The normalized spacial score (nSPS) is 28.6. The van der Waals surface area contributed by atoms with E-state index in [4.69, 9.17) is 5.73 Å². The fourth-order valence-electron chi connectivity index (χ4n) is 2.26. The molecule has 0 unspecified atom stereocenters. The van der Waals surface area contributed by atoms with Crippen LogP contribution >= 0.6 is 0 Å². The van der Waals surface area contributed by atoms with E-state index in [9.17, 15) is 15.2 Å². The highest BCUT2D eigenvalue weighted by Crippen LogP contribution is 2.41. The molecule has 1 aliphatic rings. The predicted molar refractivity (Wildman–Crippen MR) is 58.9 cm³/mol. The molecular weight excluding hydrogens is 208 g/mol. The van der Waals surface area contributed by atoms with E-state index < -0.39 is 10.5 Å². The average molecular weight is 222 g/mol. The fraction of sp³-hybridized carbons (Fsp3) is 0.455. The standard InChI is InChI=1S/C11H14N2O3/c1-7-2-3-8(13(15)16)4-10(7)11(12)5-9(14)6-11/h2-4,9,14H,5-6,12H2,1H3. The van der Waals surface area contributed by atoms with Gasteiger partial charge in [0.1, 0.15) is 0 Å². The first kappa shape index (κ1) is 11.0. The van der Waals surface area contributed by atoms with Crippen molar-refractivity contribution in [2.45, 2.75) is 31.4 Å². The summed E-state index contributed by atoms with van der Waals surface area (Å²) in [5.74, 6) is 0. The van der Waals surface area contributed by atoms with Crippen molar-refractivity contribution in [1.82, 2.24) is 0 Å². The van der Waals surface area contributed by atoms with Crippen molar-refractivity contribution in [3.05, 3.63) is 39.4 Å². The Bertz CT molecular complexity index is 439. The van der Waals surface area contributed by atoms with Crippen LogP contribution in [0.4, 0.5) is 5.69 Å². The molecule has 86 valence electrons. The summed E-state index contributed by atoms with van der Waals surface area (Å²) >= 11 is 0. The monoisotopic (exact) mass is 222 g/mol. The lowest BCUT2D eigenvalue weighted by Crippen LogP contribution is -2.52. The first-order chi connectivity index (χ1) is 7.42. The van der Waals surface area contributed by atoms with Crippen LogP contribution in [0.5, 0.6) is 0 Å². The van der Waals surface area contributed by atoms with Gasteiger partial charge in [-0.3, -0.25) is 10.1 Å². The summed E-state index contributed by atoms with van der Waals surface area (Å²) in [5, 5.41) is 20.0. The minimum absolute atomic E-state index is 0.0480. The van der Waals surface area contributed by atoms with Crippen LogP contribution in [0.25, 0.3) is 0 Å². The number of non-ortho nitro benzene ring substituents is 1. The number of hydrogen-bond acceptors (Lipinski definition) is 4. The van der Waals surface area contributed by atoms with Crippen molar-refractivity contribution in [2.24, 2.45) is 5.73 Å². The lowest BCUT2D eigenvalue weighted by atomic mass is 9.69. The van der Waals surface area contributed by atoms with E-state index in [1.807, 2.05) is 6.92 Å². The number of nitrogens with two attached hydrogens (primary N) is 1. The van der Waals surface area contributed by atoms with Crippen LogP contribution in [0, 0.1) is 17.0 Å². The lowest BCUT2D eigenvalue weighted by molar-refractivity contribution is -0.385. The minimum Gasteiger partial charge on any atom is -0.393 e. The molecule has 0 bridgehead atoms. The molecule has 1 aliphatic carbocycles. The van der Waals surface area contributed by atoms with E-state index in [0.717, 1.165) is 11.1 Å². The molecule has 0 saturated heterocycles. The van der Waals surface area contributed by atoms with Crippen molar-refractivity contribution < 1.29 is 10.0 Å². The summed E-state index contributed by atoms with van der Waals surface area (Å²) in [6.07, 6.45) is 0.549. The number of aliphatic hydroxyl groups is 1. The number of nitro benzene ring substituents is 1. The maximum atomic E-state index is 10.7. The molecule has 1 fully saturated rings. The van der Waals surface area contributed by atoms with Crippen LogP contribution in [-0.4, -0.2) is 16.1 Å². The molecule has 1 saturated carbocycles. The summed E-state index contributed by atoms with van der Waals surface area (Å²) in [4.78, 5) is 10.2. The second-order valence-corrected chi connectivity index (χ2v) is 4.47. The second kappa shape index (κ2) is 3.54. The van der Waals surface area contributed by atoms with Crippen LogP contribution in [0.1, 0.15) is 24.0 Å². The van der Waals surface area contributed by atoms with E-state index in [2.05, 4.69) is 0 Å². The highest BCUT2D eigenvalue weighted by Gasteiger charge is 2.42. The Kier molecular flexibility index (Phi) is 2.44. The van der Waals surface area contributed by atoms with E-state index >= 15 is 0 Å². The molecule has 0 atom stereocenters. The van der Waals surface area contributed by atoms with Crippen molar-refractivity contribution in [3.63, 3.8) is 0 Å². The van der Waals surface area contributed by atoms with Gasteiger partial charge in [-0.2, -0.15) is 0 Å². The average Bonchev–Trinajstić information content (AvgIpc) is 2.15. The van der Waals surface area contributed by atoms with Crippen LogP contribution in [0.3, 0.4) is 0 Å². The van der Waals surface area contributed by atoms with Gasteiger partial charge in [0.15, 0.2) is 0 Å². The molecule has 5 nitrogen and oxygen atoms in total. The number of nitrogens with zero attached hydrogens (tertiary/aromatic N) is 1. The largest absolute Gasteiger partial charge is 0.393 e. The van der Waals surface area contributed by atoms with Crippen molar-refractivity contribution in [3.8, 4) is 0 Å². The van der Waals surface area contributed by atoms with Crippen molar-refractivity contribution in [1.29, 1.82) is 0 Å². The molecule has 0 amide bonds. The summed E-state index contributed by atoms with van der Waals surface area (Å²) in [7, 11) is 0.